The lowest BCUT2D eigenvalue weighted by molar-refractivity contribution is -0.198. The predicted molar refractivity (Wildman–Crippen MR) is 107 cm³/mol. The number of halogens is 2. The summed E-state index contributed by atoms with van der Waals surface area (Å²) >= 11 is 0. The normalized spacial score (nSPS) is 28.6. The number of urea groups is 1. The third-order valence-corrected chi connectivity index (χ3v) is 7.05. The van der Waals surface area contributed by atoms with Crippen LogP contribution >= 0.6 is 0 Å². The van der Waals surface area contributed by atoms with E-state index in [-0.39, 0.29) is 0 Å². The Labute approximate surface area is 181 Å². The van der Waals surface area contributed by atoms with E-state index in [4.69, 9.17) is 10.5 Å². The van der Waals surface area contributed by atoms with Crippen molar-refractivity contribution in [1.82, 2.24) is 15.1 Å². The second kappa shape index (κ2) is 7.85. The van der Waals surface area contributed by atoms with E-state index in [1.54, 1.807) is 4.90 Å². The first-order valence-electron chi connectivity index (χ1n) is 11.1. The first kappa shape index (κ1) is 22.2. The Balaban J connectivity index is 1.55. The number of nitrogens with zero attached hydrogens (tertiary/aromatic N) is 3. The quantitative estimate of drug-likeness (QED) is 0.653. The molecule has 4 fully saturated rings. The van der Waals surface area contributed by atoms with E-state index in [0.717, 1.165) is 19.8 Å². The summed E-state index contributed by atoms with van der Waals surface area (Å²) in [5.74, 6) is -4.63. The van der Waals surface area contributed by atoms with Crippen molar-refractivity contribution in [2.45, 2.75) is 81.1 Å². The van der Waals surface area contributed by atoms with Gasteiger partial charge in [-0.1, -0.05) is 0 Å². The number of carbonyl (C=O) groups excluding carboxylic acids is 2. The highest BCUT2D eigenvalue weighted by atomic mass is 19.3. The topological polar surface area (TPSA) is 112 Å². The molecule has 0 aromatic heterocycles. The molecule has 10 heteroatoms. The van der Waals surface area contributed by atoms with E-state index in [2.05, 4.69) is 16.3 Å². The predicted octanol–water partition coefficient (Wildman–Crippen LogP) is 1.60. The van der Waals surface area contributed by atoms with Gasteiger partial charge in [0.25, 0.3) is 0 Å². The van der Waals surface area contributed by atoms with Crippen LogP contribution in [0.25, 0.3) is 0 Å². The molecule has 2 aliphatic carbocycles. The molecular formula is C21H31F2N5O3. The minimum atomic E-state index is -3.04. The van der Waals surface area contributed by atoms with Gasteiger partial charge in [-0.05, 0) is 45.4 Å². The number of nitrogens with one attached hydrogen (secondary N) is 1. The molecule has 3 N–H and O–H groups in total. The van der Waals surface area contributed by atoms with Crippen LogP contribution < -0.4 is 11.1 Å². The molecule has 1 unspecified atom stereocenters. The van der Waals surface area contributed by atoms with Crippen LogP contribution in [-0.2, 0) is 9.53 Å². The summed E-state index contributed by atoms with van der Waals surface area (Å²) < 4.78 is 34.6. The number of nitriles is 1. The van der Waals surface area contributed by atoms with Crippen LogP contribution in [0.15, 0.2) is 0 Å². The molecule has 172 valence electrons. The summed E-state index contributed by atoms with van der Waals surface area (Å²) in [6, 6.07) is 2.00. The number of likely N-dealkylation sites (tertiary alicyclic amines) is 1. The number of nitrogens with two attached hydrogens (primary N) is 1. The van der Waals surface area contributed by atoms with E-state index in [0.29, 0.717) is 57.9 Å². The SMILES string of the molecule is CC(F)(F)C[C@H](C(=O)NC1(C#N)CC1)C1CN(C2CC2)CC2(CCN(C(N)=O)CC2)O1. The molecule has 2 saturated carbocycles. The number of amides is 3. The number of piperidine rings is 1. The van der Waals surface area contributed by atoms with Gasteiger partial charge in [-0.15, -0.1) is 0 Å². The zero-order chi connectivity index (χ0) is 22.4. The molecule has 2 heterocycles. The molecule has 8 nitrogen and oxygen atoms in total. The van der Waals surface area contributed by atoms with Gasteiger partial charge < -0.3 is 20.7 Å². The third-order valence-electron chi connectivity index (χ3n) is 7.05. The number of primary amides is 1. The highest BCUT2D eigenvalue weighted by Gasteiger charge is 2.52. The first-order chi connectivity index (χ1) is 14.5. The Kier molecular flexibility index (Phi) is 5.63. The first-order valence-corrected chi connectivity index (χ1v) is 11.1. The summed E-state index contributed by atoms with van der Waals surface area (Å²) in [5.41, 5.74) is 3.89. The Morgan fingerprint density at radius 3 is 2.42 bits per heavy atom. The van der Waals surface area contributed by atoms with E-state index < -0.39 is 47.4 Å². The number of ether oxygens (including phenoxy) is 1. The molecule has 31 heavy (non-hydrogen) atoms. The van der Waals surface area contributed by atoms with Crippen LogP contribution in [-0.4, -0.2) is 77.1 Å². The van der Waals surface area contributed by atoms with Crippen molar-refractivity contribution in [1.29, 1.82) is 5.26 Å². The molecule has 4 aliphatic rings. The van der Waals surface area contributed by atoms with Gasteiger partial charge in [0, 0.05) is 38.6 Å². The van der Waals surface area contributed by atoms with Crippen molar-refractivity contribution < 1.29 is 23.1 Å². The fraction of sp³-hybridized carbons (Fsp3) is 0.857. The lowest BCUT2D eigenvalue weighted by Crippen LogP contribution is -2.63. The highest BCUT2D eigenvalue weighted by molar-refractivity contribution is 5.81. The molecule has 3 amide bonds. The van der Waals surface area contributed by atoms with Gasteiger partial charge in [0.1, 0.15) is 5.54 Å². The molecular weight excluding hydrogens is 408 g/mol. The van der Waals surface area contributed by atoms with Gasteiger partial charge in [-0.25, -0.2) is 13.6 Å². The molecule has 0 aromatic carbocycles. The summed E-state index contributed by atoms with van der Waals surface area (Å²) in [7, 11) is 0. The van der Waals surface area contributed by atoms with Crippen LogP contribution in [0, 0.1) is 17.2 Å². The monoisotopic (exact) mass is 439 g/mol. The van der Waals surface area contributed by atoms with Crippen LogP contribution in [0.4, 0.5) is 13.6 Å². The maximum atomic E-state index is 14.1. The van der Waals surface area contributed by atoms with Crippen molar-refractivity contribution in [2.24, 2.45) is 11.7 Å². The largest absolute Gasteiger partial charge is 0.368 e. The zero-order valence-corrected chi connectivity index (χ0v) is 17.9. The Hall–Kier alpha value is -1.99. The summed E-state index contributed by atoms with van der Waals surface area (Å²) in [6.45, 7) is 2.78. The van der Waals surface area contributed by atoms with Crippen LogP contribution in [0.3, 0.4) is 0 Å². The fourth-order valence-corrected chi connectivity index (χ4v) is 4.90. The van der Waals surface area contributed by atoms with E-state index in [1.807, 2.05) is 0 Å². The van der Waals surface area contributed by atoms with Crippen molar-refractivity contribution in [3.8, 4) is 6.07 Å². The number of hydrogen-bond acceptors (Lipinski definition) is 5. The van der Waals surface area contributed by atoms with Crippen molar-refractivity contribution in [3.05, 3.63) is 0 Å². The minimum absolute atomic E-state index is 0.386. The Bertz CT molecular complexity index is 764. The van der Waals surface area contributed by atoms with Crippen molar-refractivity contribution >= 4 is 11.9 Å². The fourth-order valence-electron chi connectivity index (χ4n) is 4.90. The van der Waals surface area contributed by atoms with Gasteiger partial charge in [-0.2, -0.15) is 5.26 Å². The number of carbonyl (C=O) groups is 2. The molecule has 2 aliphatic heterocycles. The second-order valence-electron chi connectivity index (χ2n) is 9.89. The smallest absolute Gasteiger partial charge is 0.314 e. The van der Waals surface area contributed by atoms with Gasteiger partial charge in [0.15, 0.2) is 0 Å². The summed E-state index contributed by atoms with van der Waals surface area (Å²) in [4.78, 5) is 28.4. The Morgan fingerprint density at radius 1 is 1.29 bits per heavy atom. The van der Waals surface area contributed by atoms with Crippen LogP contribution in [0.5, 0.6) is 0 Å². The summed E-state index contributed by atoms with van der Waals surface area (Å²) in [5, 5.41) is 12.0. The molecule has 1 spiro atoms. The van der Waals surface area contributed by atoms with Gasteiger partial charge in [-0.3, -0.25) is 9.69 Å². The zero-order valence-electron chi connectivity index (χ0n) is 17.9. The Morgan fingerprint density at radius 2 is 1.94 bits per heavy atom. The molecule has 0 aromatic rings. The van der Waals surface area contributed by atoms with E-state index in [1.165, 1.54) is 0 Å². The average Bonchev–Trinajstić information content (AvgIpc) is 3.60. The second-order valence-corrected chi connectivity index (χ2v) is 9.89. The number of rotatable bonds is 6. The van der Waals surface area contributed by atoms with Crippen LogP contribution in [0.1, 0.15) is 51.9 Å². The average molecular weight is 440 g/mol. The highest BCUT2D eigenvalue weighted by Crippen LogP contribution is 2.41. The minimum Gasteiger partial charge on any atom is -0.368 e. The number of alkyl halides is 2. The van der Waals surface area contributed by atoms with Crippen molar-refractivity contribution in [2.75, 3.05) is 26.2 Å². The van der Waals surface area contributed by atoms with Gasteiger partial charge >= 0.3 is 6.03 Å². The maximum Gasteiger partial charge on any atom is 0.314 e. The number of hydrogen-bond donors (Lipinski definition) is 2. The van der Waals surface area contributed by atoms with Crippen LogP contribution in [0.2, 0.25) is 0 Å². The molecule has 2 atom stereocenters. The van der Waals surface area contributed by atoms with Crippen molar-refractivity contribution in [3.63, 3.8) is 0 Å². The number of morpholine rings is 1. The standard InChI is InChI=1S/C21H31F2N5O3/c1-19(22,23)10-15(17(29)26-20(12-24)4-5-20)16-11-28(14-2-3-14)13-21(31-16)6-8-27(9-7-21)18(25)30/h14-16H,2-11,13H2,1H3,(H2,25,30)(H,26,29)/t15-,16?/m0/s1. The summed E-state index contributed by atoms with van der Waals surface area (Å²) in [6.07, 6.45) is 2.95. The lowest BCUT2D eigenvalue weighted by Gasteiger charge is -2.51. The van der Waals surface area contributed by atoms with Gasteiger partial charge in [0.2, 0.25) is 11.8 Å². The molecule has 2 saturated heterocycles. The molecule has 0 radical (unpaired) electrons. The van der Waals surface area contributed by atoms with Gasteiger partial charge in [0.05, 0.1) is 23.7 Å². The maximum absolute atomic E-state index is 14.1. The van der Waals surface area contributed by atoms with E-state index in [9.17, 15) is 23.6 Å². The molecule has 0 bridgehead atoms. The lowest BCUT2D eigenvalue weighted by atomic mass is 9.85. The van der Waals surface area contributed by atoms with E-state index >= 15 is 0 Å². The molecule has 4 rings (SSSR count). The third kappa shape index (κ3) is 5.09.